The molecule has 0 radical (unpaired) electrons. The fourth-order valence-corrected chi connectivity index (χ4v) is 4.57. The third kappa shape index (κ3) is 4.16. The molecule has 6 heteroatoms. The molecule has 0 saturated carbocycles. The van der Waals surface area contributed by atoms with Crippen molar-refractivity contribution in [2.24, 2.45) is 5.92 Å². The molecule has 3 rings (SSSR count). The minimum absolute atomic E-state index is 0.0112. The Morgan fingerprint density at radius 1 is 1.07 bits per heavy atom. The SMILES string of the molecule is Cc1ccc(S(=O)(=O)N(C)c2ccc(C(=O)N3CCCC(C)C3)cc2)cc1. The third-order valence-corrected chi connectivity index (χ3v) is 6.90. The molecule has 1 aliphatic rings. The monoisotopic (exact) mass is 386 g/mol. The van der Waals surface area contributed by atoms with Gasteiger partial charge in [0.2, 0.25) is 0 Å². The molecule has 1 amide bonds. The molecule has 1 heterocycles. The molecule has 144 valence electrons. The zero-order chi connectivity index (χ0) is 19.6. The summed E-state index contributed by atoms with van der Waals surface area (Å²) in [4.78, 5) is 14.8. The van der Waals surface area contributed by atoms with Crippen LogP contribution in [-0.2, 0) is 10.0 Å². The van der Waals surface area contributed by atoms with E-state index in [0.29, 0.717) is 17.2 Å². The van der Waals surface area contributed by atoms with Gasteiger partial charge in [0.1, 0.15) is 0 Å². The molecule has 0 spiro atoms. The predicted octanol–water partition coefficient (Wildman–Crippen LogP) is 3.69. The Balaban J connectivity index is 1.78. The highest BCUT2D eigenvalue weighted by molar-refractivity contribution is 7.92. The van der Waals surface area contributed by atoms with Gasteiger partial charge in [0.05, 0.1) is 10.6 Å². The van der Waals surface area contributed by atoms with Gasteiger partial charge >= 0.3 is 0 Å². The van der Waals surface area contributed by atoms with Crippen LogP contribution >= 0.6 is 0 Å². The summed E-state index contributed by atoms with van der Waals surface area (Å²) in [5.41, 5.74) is 2.12. The third-order valence-electron chi connectivity index (χ3n) is 5.10. The van der Waals surface area contributed by atoms with E-state index < -0.39 is 10.0 Å². The molecule has 27 heavy (non-hydrogen) atoms. The first-order valence-corrected chi connectivity index (χ1v) is 10.7. The van der Waals surface area contributed by atoms with Gasteiger partial charge in [-0.3, -0.25) is 9.10 Å². The maximum absolute atomic E-state index is 12.8. The van der Waals surface area contributed by atoms with Gasteiger partial charge in [-0.1, -0.05) is 24.6 Å². The zero-order valence-corrected chi connectivity index (χ0v) is 16.9. The number of likely N-dealkylation sites (tertiary alicyclic amines) is 1. The number of rotatable bonds is 4. The second-order valence-electron chi connectivity index (χ2n) is 7.33. The average Bonchev–Trinajstić information content (AvgIpc) is 2.67. The van der Waals surface area contributed by atoms with E-state index in [1.54, 1.807) is 48.5 Å². The van der Waals surface area contributed by atoms with Crippen molar-refractivity contribution in [1.29, 1.82) is 0 Å². The predicted molar refractivity (Wildman–Crippen MR) is 108 cm³/mol. The number of anilines is 1. The van der Waals surface area contributed by atoms with E-state index >= 15 is 0 Å². The first kappa shape index (κ1) is 19.4. The lowest BCUT2D eigenvalue weighted by molar-refractivity contribution is 0.0683. The molecule has 0 aliphatic carbocycles. The van der Waals surface area contributed by atoms with E-state index in [4.69, 9.17) is 0 Å². The molecule has 1 saturated heterocycles. The van der Waals surface area contributed by atoms with Crippen molar-refractivity contribution in [3.63, 3.8) is 0 Å². The number of benzene rings is 2. The quantitative estimate of drug-likeness (QED) is 0.805. The van der Waals surface area contributed by atoms with Crippen molar-refractivity contribution in [2.45, 2.75) is 31.6 Å². The lowest BCUT2D eigenvalue weighted by Gasteiger charge is -2.31. The van der Waals surface area contributed by atoms with E-state index in [0.717, 1.165) is 31.5 Å². The standard InChI is InChI=1S/C21H26N2O3S/c1-16-6-12-20(13-7-16)27(25,26)22(3)19-10-8-18(9-11-19)21(24)23-14-4-5-17(2)15-23/h6-13,17H,4-5,14-15H2,1-3H3. The van der Waals surface area contributed by atoms with E-state index in [-0.39, 0.29) is 10.8 Å². The fourth-order valence-electron chi connectivity index (χ4n) is 3.38. The van der Waals surface area contributed by atoms with Crippen LogP contribution in [0.2, 0.25) is 0 Å². The highest BCUT2D eigenvalue weighted by Gasteiger charge is 2.24. The number of sulfonamides is 1. The van der Waals surface area contributed by atoms with Crippen LogP contribution in [0.15, 0.2) is 53.4 Å². The largest absolute Gasteiger partial charge is 0.338 e. The molecule has 1 unspecified atom stereocenters. The number of carbonyl (C=O) groups excluding carboxylic acids is 1. The van der Waals surface area contributed by atoms with Crippen LogP contribution in [0.25, 0.3) is 0 Å². The number of aryl methyl sites for hydroxylation is 1. The molecule has 5 nitrogen and oxygen atoms in total. The molecule has 0 N–H and O–H groups in total. The highest BCUT2D eigenvalue weighted by atomic mass is 32.2. The molecule has 1 fully saturated rings. The average molecular weight is 387 g/mol. The number of hydrogen-bond acceptors (Lipinski definition) is 3. The molecule has 1 aliphatic heterocycles. The molecule has 0 bridgehead atoms. The summed E-state index contributed by atoms with van der Waals surface area (Å²) in [5.74, 6) is 0.532. The first-order valence-electron chi connectivity index (χ1n) is 9.24. The molecular formula is C21H26N2O3S. The molecule has 2 aromatic rings. The maximum atomic E-state index is 12.8. The summed E-state index contributed by atoms with van der Waals surface area (Å²) >= 11 is 0. The summed E-state index contributed by atoms with van der Waals surface area (Å²) in [6.07, 6.45) is 2.19. The van der Waals surface area contributed by atoms with Gasteiger partial charge in [0.15, 0.2) is 0 Å². The van der Waals surface area contributed by atoms with E-state index in [9.17, 15) is 13.2 Å². The Morgan fingerprint density at radius 3 is 2.30 bits per heavy atom. The van der Waals surface area contributed by atoms with Crippen LogP contribution in [0.3, 0.4) is 0 Å². The Kier molecular flexibility index (Phi) is 5.56. The summed E-state index contributed by atoms with van der Waals surface area (Å²) in [5, 5.41) is 0. The van der Waals surface area contributed by atoms with Gasteiger partial charge < -0.3 is 4.90 Å². The molecular weight excluding hydrogens is 360 g/mol. The number of nitrogens with zero attached hydrogens (tertiary/aromatic N) is 2. The zero-order valence-electron chi connectivity index (χ0n) is 16.1. The van der Waals surface area contributed by atoms with Gasteiger partial charge in [0, 0.05) is 25.7 Å². The first-order chi connectivity index (χ1) is 12.8. The smallest absolute Gasteiger partial charge is 0.264 e. The summed E-state index contributed by atoms with van der Waals surface area (Å²) in [6.45, 7) is 5.64. The maximum Gasteiger partial charge on any atom is 0.264 e. The van der Waals surface area contributed by atoms with E-state index in [1.807, 2.05) is 11.8 Å². The Morgan fingerprint density at radius 2 is 1.70 bits per heavy atom. The van der Waals surface area contributed by atoms with Crippen molar-refractivity contribution >= 4 is 21.6 Å². The highest BCUT2D eigenvalue weighted by Crippen LogP contribution is 2.24. The normalized spacial score (nSPS) is 17.6. The number of carbonyl (C=O) groups is 1. The topological polar surface area (TPSA) is 57.7 Å². The molecule has 2 aromatic carbocycles. The van der Waals surface area contributed by atoms with Gasteiger partial charge in [-0.25, -0.2) is 8.42 Å². The molecule has 0 aromatic heterocycles. The van der Waals surface area contributed by atoms with Crippen LogP contribution in [-0.4, -0.2) is 39.4 Å². The van der Waals surface area contributed by atoms with Crippen molar-refractivity contribution in [3.05, 3.63) is 59.7 Å². The van der Waals surface area contributed by atoms with E-state index in [1.165, 1.54) is 11.4 Å². The summed E-state index contributed by atoms with van der Waals surface area (Å²) < 4.78 is 26.8. The lowest BCUT2D eigenvalue weighted by Crippen LogP contribution is -2.39. The minimum Gasteiger partial charge on any atom is -0.338 e. The number of hydrogen-bond donors (Lipinski definition) is 0. The molecule has 1 atom stereocenters. The van der Waals surface area contributed by atoms with Crippen molar-refractivity contribution < 1.29 is 13.2 Å². The van der Waals surface area contributed by atoms with E-state index in [2.05, 4.69) is 6.92 Å². The van der Waals surface area contributed by atoms with Crippen LogP contribution in [0.1, 0.15) is 35.7 Å². The van der Waals surface area contributed by atoms with Crippen LogP contribution in [0.4, 0.5) is 5.69 Å². The Labute approximate surface area is 161 Å². The number of piperidine rings is 1. The Bertz CT molecular complexity index is 905. The second kappa shape index (κ2) is 7.72. The summed E-state index contributed by atoms with van der Waals surface area (Å²) in [6, 6.07) is 13.6. The van der Waals surface area contributed by atoms with Crippen LogP contribution < -0.4 is 4.31 Å². The minimum atomic E-state index is -3.63. The van der Waals surface area contributed by atoms with Gasteiger partial charge in [-0.2, -0.15) is 0 Å². The fraction of sp³-hybridized carbons (Fsp3) is 0.381. The van der Waals surface area contributed by atoms with Gasteiger partial charge in [-0.15, -0.1) is 0 Å². The Hall–Kier alpha value is -2.34. The summed E-state index contributed by atoms with van der Waals surface area (Å²) in [7, 11) is -2.11. The van der Waals surface area contributed by atoms with Crippen molar-refractivity contribution in [1.82, 2.24) is 4.90 Å². The van der Waals surface area contributed by atoms with Gasteiger partial charge in [0.25, 0.3) is 15.9 Å². The van der Waals surface area contributed by atoms with Crippen molar-refractivity contribution in [2.75, 3.05) is 24.4 Å². The van der Waals surface area contributed by atoms with Crippen LogP contribution in [0, 0.1) is 12.8 Å². The second-order valence-corrected chi connectivity index (χ2v) is 9.30. The lowest BCUT2D eigenvalue weighted by atomic mass is 9.99. The van der Waals surface area contributed by atoms with Crippen LogP contribution in [0.5, 0.6) is 0 Å². The van der Waals surface area contributed by atoms with Crippen molar-refractivity contribution in [3.8, 4) is 0 Å². The van der Waals surface area contributed by atoms with Gasteiger partial charge in [-0.05, 0) is 62.1 Å². The number of amides is 1.